The molecule has 6 aromatic rings. The topological polar surface area (TPSA) is 116 Å². The molecular formula is C39H32ClFN6O4S. The van der Waals surface area contributed by atoms with Crippen molar-refractivity contribution in [3.8, 4) is 33.4 Å². The van der Waals surface area contributed by atoms with Gasteiger partial charge in [0, 0.05) is 58.6 Å². The maximum absolute atomic E-state index is 14.5. The Morgan fingerprint density at radius 3 is 2.83 bits per heavy atom. The first-order valence-electron chi connectivity index (χ1n) is 17.5. The number of benzene rings is 2. The fourth-order valence-electron chi connectivity index (χ4n) is 8.59. The van der Waals surface area contributed by atoms with Crippen LogP contribution in [-0.4, -0.2) is 51.2 Å². The van der Waals surface area contributed by atoms with Crippen LogP contribution in [0.3, 0.4) is 0 Å². The average Bonchev–Trinajstić information content (AvgIpc) is 3.99. The van der Waals surface area contributed by atoms with Gasteiger partial charge in [0.05, 0.1) is 53.0 Å². The SMILES string of the molecule is COc1c(F)ccc2c1CC[C@H]2Nc1nccc2cc(-c3c4c(nc(C[C@@H]5COc6cc(Cl)ccc65)c3-c3nnc(C)o3)[C@@H]3CCCN3C4=O)sc12. The largest absolute Gasteiger partial charge is 0.493 e. The van der Waals surface area contributed by atoms with E-state index in [0.717, 1.165) is 79.4 Å². The van der Waals surface area contributed by atoms with Gasteiger partial charge < -0.3 is 24.1 Å². The van der Waals surface area contributed by atoms with Crippen LogP contribution in [0.15, 0.2) is 53.1 Å². The summed E-state index contributed by atoms with van der Waals surface area (Å²) in [5, 5.41) is 14.0. The number of hydrogen-bond donors (Lipinski definition) is 1. The van der Waals surface area contributed by atoms with Crippen molar-refractivity contribution in [3.05, 3.63) is 99.0 Å². The summed E-state index contributed by atoms with van der Waals surface area (Å²) in [4.78, 5) is 27.3. The van der Waals surface area contributed by atoms with Crippen molar-refractivity contribution in [2.24, 2.45) is 0 Å². The zero-order chi connectivity index (χ0) is 35.2. The third-order valence-corrected chi connectivity index (χ3v) is 12.3. The summed E-state index contributed by atoms with van der Waals surface area (Å²) in [7, 11) is 1.51. The summed E-state index contributed by atoms with van der Waals surface area (Å²) < 4.78 is 33.2. The molecule has 0 saturated carbocycles. The van der Waals surface area contributed by atoms with E-state index >= 15 is 0 Å². The first-order chi connectivity index (χ1) is 25.4. The zero-order valence-corrected chi connectivity index (χ0v) is 29.9. The third-order valence-electron chi connectivity index (χ3n) is 10.9. The summed E-state index contributed by atoms with van der Waals surface area (Å²) in [6.45, 7) is 2.93. The number of anilines is 1. The van der Waals surface area contributed by atoms with Gasteiger partial charge in [-0.1, -0.05) is 23.7 Å². The molecular weight excluding hydrogens is 703 g/mol. The van der Waals surface area contributed by atoms with Crippen LogP contribution in [0.2, 0.25) is 5.02 Å². The lowest BCUT2D eigenvalue weighted by atomic mass is 9.89. The van der Waals surface area contributed by atoms with Crippen molar-refractivity contribution in [2.75, 3.05) is 25.6 Å². The van der Waals surface area contributed by atoms with E-state index in [-0.39, 0.29) is 29.7 Å². The minimum atomic E-state index is -0.356. The Labute approximate surface area is 307 Å². The summed E-state index contributed by atoms with van der Waals surface area (Å²) in [5.41, 5.74) is 6.58. The van der Waals surface area contributed by atoms with Crippen LogP contribution >= 0.6 is 22.9 Å². The molecule has 1 amide bonds. The molecule has 10 nitrogen and oxygen atoms in total. The van der Waals surface area contributed by atoms with E-state index < -0.39 is 0 Å². The quantitative estimate of drug-likeness (QED) is 0.172. The van der Waals surface area contributed by atoms with Gasteiger partial charge in [0.15, 0.2) is 11.6 Å². The number of aryl methyl sites for hydroxylation is 1. The molecule has 1 aliphatic carbocycles. The highest BCUT2D eigenvalue weighted by molar-refractivity contribution is 7.23. The van der Waals surface area contributed by atoms with Crippen LogP contribution in [0.25, 0.3) is 32.0 Å². The number of rotatable bonds is 7. The highest BCUT2D eigenvalue weighted by Crippen LogP contribution is 2.51. The maximum atomic E-state index is 14.5. The molecule has 52 heavy (non-hydrogen) atoms. The van der Waals surface area contributed by atoms with Crippen LogP contribution in [0.4, 0.5) is 10.2 Å². The predicted octanol–water partition coefficient (Wildman–Crippen LogP) is 8.63. The van der Waals surface area contributed by atoms with E-state index in [1.807, 2.05) is 35.2 Å². The Balaban J connectivity index is 1.14. The fourth-order valence-corrected chi connectivity index (χ4v) is 9.92. The van der Waals surface area contributed by atoms with Crippen molar-refractivity contribution in [2.45, 2.75) is 57.0 Å². The van der Waals surface area contributed by atoms with Crippen molar-refractivity contribution in [1.82, 2.24) is 25.1 Å². The maximum Gasteiger partial charge on any atom is 0.257 e. The van der Waals surface area contributed by atoms with Gasteiger partial charge >= 0.3 is 0 Å². The molecule has 3 atom stereocenters. The molecule has 7 heterocycles. The number of thiophene rings is 1. The molecule has 0 radical (unpaired) electrons. The number of hydrogen-bond acceptors (Lipinski definition) is 10. The monoisotopic (exact) mass is 734 g/mol. The second-order valence-electron chi connectivity index (χ2n) is 13.8. The average molecular weight is 735 g/mol. The number of fused-ring (bicyclic) bond motifs is 6. The van der Waals surface area contributed by atoms with Crippen molar-refractivity contribution in [1.29, 1.82) is 0 Å². The summed E-state index contributed by atoms with van der Waals surface area (Å²) in [6.07, 6.45) is 5.60. The Hall–Kier alpha value is -5.07. The lowest BCUT2D eigenvalue weighted by Crippen LogP contribution is -2.22. The molecule has 0 unspecified atom stereocenters. The minimum Gasteiger partial charge on any atom is -0.493 e. The number of aromatic nitrogens is 4. The number of halogens is 2. The van der Waals surface area contributed by atoms with Gasteiger partial charge in [-0.15, -0.1) is 21.5 Å². The number of carbonyl (C=O) groups is 1. The molecule has 13 heteroatoms. The number of ether oxygens (including phenoxy) is 2. The van der Waals surface area contributed by atoms with E-state index in [4.69, 9.17) is 35.5 Å². The zero-order valence-electron chi connectivity index (χ0n) is 28.3. The van der Waals surface area contributed by atoms with E-state index in [0.29, 0.717) is 59.7 Å². The second kappa shape index (κ2) is 12.0. The van der Waals surface area contributed by atoms with Crippen molar-refractivity contribution in [3.63, 3.8) is 0 Å². The Bertz CT molecular complexity index is 2470. The fraction of sp³-hybridized carbons (Fsp3) is 0.308. The summed E-state index contributed by atoms with van der Waals surface area (Å²) >= 11 is 7.87. The number of pyridine rings is 2. The molecule has 2 aromatic carbocycles. The van der Waals surface area contributed by atoms with E-state index in [2.05, 4.69) is 21.6 Å². The second-order valence-corrected chi connectivity index (χ2v) is 15.3. The van der Waals surface area contributed by atoms with Gasteiger partial charge in [-0.3, -0.25) is 9.78 Å². The molecule has 4 aliphatic rings. The lowest BCUT2D eigenvalue weighted by Gasteiger charge is -2.18. The number of nitrogens with zero attached hydrogens (tertiary/aromatic N) is 5. The highest BCUT2D eigenvalue weighted by Gasteiger charge is 2.45. The lowest BCUT2D eigenvalue weighted by molar-refractivity contribution is 0.0776. The number of nitrogens with one attached hydrogen (secondary N) is 1. The van der Waals surface area contributed by atoms with Gasteiger partial charge in [-0.05, 0) is 67.0 Å². The van der Waals surface area contributed by atoms with Crippen LogP contribution < -0.4 is 14.8 Å². The Morgan fingerprint density at radius 1 is 1.10 bits per heavy atom. The van der Waals surface area contributed by atoms with Gasteiger partial charge in [-0.2, -0.15) is 0 Å². The number of amides is 1. The van der Waals surface area contributed by atoms with E-state index in [1.165, 1.54) is 13.2 Å². The van der Waals surface area contributed by atoms with Crippen LogP contribution in [0.5, 0.6) is 11.5 Å². The number of methoxy groups -OCH3 is 1. The summed E-state index contributed by atoms with van der Waals surface area (Å²) in [6, 6.07) is 13.0. The summed E-state index contributed by atoms with van der Waals surface area (Å²) in [5.74, 6) is 2.18. The molecule has 4 aromatic heterocycles. The predicted molar refractivity (Wildman–Crippen MR) is 195 cm³/mol. The minimum absolute atomic E-state index is 0.00835. The molecule has 1 fully saturated rings. The molecule has 1 saturated heterocycles. The Kier molecular flexibility index (Phi) is 7.30. The standard InChI is InChI=1S/C39H32ClFN6O4S/c1-18-45-46-38(51-18)31-27(14-20-17-50-29-16-21(40)5-6-22(20)29)43-34-28-4-3-13-47(28)39(48)33(34)32(31)30-15-19-11-12-42-37(36(19)52-30)44-26-10-8-24-23(26)7-9-25(41)35(24)49-2/h5-7,9,11-12,15-16,20,26,28H,3-4,8,10,13-14,17H2,1-2H3,(H,42,44)/t20-,26-,28+/m1/s1. The first kappa shape index (κ1) is 31.6. The molecule has 10 rings (SSSR count). The third kappa shape index (κ3) is 4.83. The van der Waals surface area contributed by atoms with Crippen LogP contribution in [0, 0.1) is 12.7 Å². The van der Waals surface area contributed by atoms with E-state index in [1.54, 1.807) is 24.5 Å². The van der Waals surface area contributed by atoms with Gasteiger partial charge in [-0.25, -0.2) is 9.37 Å². The van der Waals surface area contributed by atoms with Crippen LogP contribution in [0.1, 0.15) is 81.6 Å². The molecule has 262 valence electrons. The smallest absolute Gasteiger partial charge is 0.257 e. The van der Waals surface area contributed by atoms with Gasteiger partial charge in [0.2, 0.25) is 11.8 Å². The highest BCUT2D eigenvalue weighted by atomic mass is 35.5. The number of carbonyl (C=O) groups excluding carboxylic acids is 1. The Morgan fingerprint density at radius 2 is 1.98 bits per heavy atom. The van der Waals surface area contributed by atoms with Crippen molar-refractivity contribution < 1.29 is 23.1 Å². The molecule has 1 N–H and O–H groups in total. The molecule has 3 aliphatic heterocycles. The molecule has 0 bridgehead atoms. The normalized spacial score (nSPS) is 19.9. The van der Waals surface area contributed by atoms with E-state index in [9.17, 15) is 9.18 Å². The van der Waals surface area contributed by atoms with Gasteiger partial charge in [0.25, 0.3) is 5.91 Å². The van der Waals surface area contributed by atoms with Crippen LogP contribution in [-0.2, 0) is 12.8 Å². The van der Waals surface area contributed by atoms with Gasteiger partial charge in [0.1, 0.15) is 11.6 Å². The van der Waals surface area contributed by atoms with Crippen molar-refractivity contribution >= 4 is 44.7 Å². The molecule has 0 spiro atoms. The first-order valence-corrected chi connectivity index (χ1v) is 18.7.